The zero-order valence-corrected chi connectivity index (χ0v) is 15.6. The molecule has 0 atom stereocenters. The zero-order chi connectivity index (χ0) is 19.2. The fourth-order valence-corrected chi connectivity index (χ4v) is 3.22. The van der Waals surface area contributed by atoms with E-state index in [0.29, 0.717) is 24.5 Å². The largest absolute Gasteiger partial charge is 0.355 e. The minimum atomic E-state index is -0.0848. The topological polar surface area (TPSA) is 62.5 Å². The van der Waals surface area contributed by atoms with Crippen molar-refractivity contribution in [1.29, 1.82) is 0 Å². The second-order valence-corrected chi connectivity index (χ2v) is 6.72. The van der Waals surface area contributed by atoms with E-state index in [9.17, 15) is 4.79 Å². The highest BCUT2D eigenvalue weighted by molar-refractivity contribution is 5.93. The SMILES string of the molecule is O=C(c1cc(-c2cccnc2)on1)N1CCN(C/C=C/c2ccccc2)CC1. The molecule has 0 unspecified atom stereocenters. The van der Waals surface area contributed by atoms with Crippen LogP contribution in [0.15, 0.2) is 71.5 Å². The van der Waals surface area contributed by atoms with Gasteiger partial charge in [-0.05, 0) is 17.7 Å². The summed E-state index contributed by atoms with van der Waals surface area (Å²) in [5, 5.41) is 3.95. The molecule has 0 aliphatic carbocycles. The molecule has 1 saturated heterocycles. The lowest BCUT2D eigenvalue weighted by Crippen LogP contribution is -2.48. The van der Waals surface area contributed by atoms with Crippen LogP contribution < -0.4 is 0 Å². The second kappa shape index (κ2) is 8.63. The van der Waals surface area contributed by atoms with Gasteiger partial charge < -0.3 is 9.42 Å². The van der Waals surface area contributed by atoms with E-state index >= 15 is 0 Å². The van der Waals surface area contributed by atoms with E-state index in [4.69, 9.17) is 4.52 Å². The van der Waals surface area contributed by atoms with Crippen molar-refractivity contribution in [2.75, 3.05) is 32.7 Å². The number of rotatable bonds is 5. The van der Waals surface area contributed by atoms with E-state index < -0.39 is 0 Å². The van der Waals surface area contributed by atoms with Crippen molar-refractivity contribution in [3.8, 4) is 11.3 Å². The predicted octanol–water partition coefficient (Wildman–Crippen LogP) is 3.21. The van der Waals surface area contributed by atoms with Gasteiger partial charge >= 0.3 is 0 Å². The minimum absolute atomic E-state index is 0.0848. The molecule has 1 fully saturated rings. The van der Waals surface area contributed by atoms with Gasteiger partial charge in [-0.1, -0.05) is 47.6 Å². The van der Waals surface area contributed by atoms with Crippen LogP contribution in [0.2, 0.25) is 0 Å². The molecule has 2 aromatic heterocycles. The van der Waals surface area contributed by atoms with Crippen LogP contribution in [0.5, 0.6) is 0 Å². The normalized spacial score (nSPS) is 15.2. The van der Waals surface area contributed by atoms with Crippen molar-refractivity contribution in [2.24, 2.45) is 0 Å². The van der Waals surface area contributed by atoms with Gasteiger partial charge in [0.15, 0.2) is 11.5 Å². The first kappa shape index (κ1) is 18.1. The first-order valence-electron chi connectivity index (χ1n) is 9.40. The van der Waals surface area contributed by atoms with Crippen molar-refractivity contribution < 1.29 is 9.32 Å². The number of carbonyl (C=O) groups is 1. The van der Waals surface area contributed by atoms with Crippen LogP contribution >= 0.6 is 0 Å². The Morgan fingerprint density at radius 3 is 2.64 bits per heavy atom. The van der Waals surface area contributed by atoms with Crippen molar-refractivity contribution in [2.45, 2.75) is 0 Å². The minimum Gasteiger partial charge on any atom is -0.355 e. The summed E-state index contributed by atoms with van der Waals surface area (Å²) < 4.78 is 5.32. The number of aromatic nitrogens is 2. The van der Waals surface area contributed by atoms with Gasteiger partial charge in [-0.2, -0.15) is 0 Å². The molecule has 0 radical (unpaired) electrons. The summed E-state index contributed by atoms with van der Waals surface area (Å²) >= 11 is 0. The molecule has 1 aliphatic heterocycles. The summed E-state index contributed by atoms with van der Waals surface area (Å²) in [6.45, 7) is 3.95. The number of pyridine rings is 1. The number of carbonyl (C=O) groups excluding carboxylic acids is 1. The van der Waals surface area contributed by atoms with Crippen molar-refractivity contribution in [3.05, 3.63) is 78.3 Å². The molecule has 0 saturated carbocycles. The first-order valence-corrected chi connectivity index (χ1v) is 9.40. The lowest BCUT2D eigenvalue weighted by atomic mass is 10.2. The first-order chi connectivity index (χ1) is 13.8. The molecule has 28 heavy (non-hydrogen) atoms. The maximum Gasteiger partial charge on any atom is 0.276 e. The van der Waals surface area contributed by atoms with Gasteiger partial charge in [0.25, 0.3) is 5.91 Å². The Hall–Kier alpha value is -3.25. The van der Waals surface area contributed by atoms with Gasteiger partial charge in [-0.25, -0.2) is 0 Å². The summed E-state index contributed by atoms with van der Waals surface area (Å²) in [5.41, 5.74) is 2.35. The summed E-state index contributed by atoms with van der Waals surface area (Å²) in [6.07, 6.45) is 7.69. The van der Waals surface area contributed by atoms with Gasteiger partial charge in [0.2, 0.25) is 0 Å². The Morgan fingerprint density at radius 2 is 1.89 bits per heavy atom. The van der Waals surface area contributed by atoms with Crippen molar-refractivity contribution in [3.63, 3.8) is 0 Å². The molecule has 3 heterocycles. The molecular weight excluding hydrogens is 352 g/mol. The number of nitrogens with zero attached hydrogens (tertiary/aromatic N) is 4. The zero-order valence-electron chi connectivity index (χ0n) is 15.6. The lowest BCUT2D eigenvalue weighted by Gasteiger charge is -2.33. The van der Waals surface area contributed by atoms with Gasteiger partial charge in [0.1, 0.15) is 0 Å². The van der Waals surface area contributed by atoms with Gasteiger partial charge in [0, 0.05) is 56.7 Å². The average Bonchev–Trinajstić information content (AvgIpc) is 3.25. The third-order valence-corrected chi connectivity index (χ3v) is 4.81. The number of hydrogen-bond acceptors (Lipinski definition) is 5. The van der Waals surface area contributed by atoms with E-state index in [2.05, 4.69) is 39.3 Å². The smallest absolute Gasteiger partial charge is 0.276 e. The van der Waals surface area contributed by atoms with Crippen LogP contribution in [-0.2, 0) is 0 Å². The third-order valence-electron chi connectivity index (χ3n) is 4.81. The Labute approximate surface area is 164 Å². The van der Waals surface area contributed by atoms with Crippen LogP contribution in [-0.4, -0.2) is 58.6 Å². The molecule has 0 bridgehead atoms. The maximum absolute atomic E-state index is 12.7. The van der Waals surface area contributed by atoms with Crippen LogP contribution in [0.3, 0.4) is 0 Å². The standard InChI is InChI=1S/C22H22N4O2/c27-22(20-16-21(28-24-20)19-9-4-10-23-17-19)26-14-12-25(13-15-26)11-5-8-18-6-2-1-3-7-18/h1-10,16-17H,11-15H2/b8-5+. The molecule has 0 spiro atoms. The summed E-state index contributed by atoms with van der Waals surface area (Å²) in [4.78, 5) is 20.9. The van der Waals surface area contributed by atoms with Crippen molar-refractivity contribution >= 4 is 12.0 Å². The molecule has 3 aromatic rings. The van der Waals surface area contributed by atoms with Gasteiger partial charge in [0.05, 0.1) is 0 Å². The molecule has 1 amide bonds. The van der Waals surface area contributed by atoms with Gasteiger partial charge in [-0.15, -0.1) is 0 Å². The van der Waals surface area contributed by atoms with Crippen molar-refractivity contribution in [1.82, 2.24) is 19.9 Å². The highest BCUT2D eigenvalue weighted by atomic mass is 16.5. The number of hydrogen-bond donors (Lipinski definition) is 0. The van der Waals surface area contributed by atoms with Crippen LogP contribution in [0.1, 0.15) is 16.1 Å². The molecule has 1 aliphatic rings. The Balaban J connectivity index is 1.29. The quantitative estimate of drug-likeness (QED) is 0.686. The molecule has 4 rings (SSSR count). The highest BCUT2D eigenvalue weighted by Crippen LogP contribution is 2.20. The Bertz CT molecular complexity index is 929. The predicted molar refractivity (Wildman–Crippen MR) is 108 cm³/mol. The number of benzene rings is 1. The summed E-state index contributed by atoms with van der Waals surface area (Å²) in [5.74, 6) is 0.472. The van der Waals surface area contributed by atoms with E-state index in [0.717, 1.165) is 25.2 Å². The third kappa shape index (κ3) is 4.35. The van der Waals surface area contributed by atoms with Crippen LogP contribution in [0.25, 0.3) is 17.4 Å². The number of piperazine rings is 1. The molecule has 0 N–H and O–H groups in total. The highest BCUT2D eigenvalue weighted by Gasteiger charge is 2.24. The summed E-state index contributed by atoms with van der Waals surface area (Å²) in [6, 6.07) is 15.7. The second-order valence-electron chi connectivity index (χ2n) is 6.72. The van der Waals surface area contributed by atoms with E-state index in [1.165, 1.54) is 5.56 Å². The fourth-order valence-electron chi connectivity index (χ4n) is 3.22. The monoisotopic (exact) mass is 374 g/mol. The fraction of sp³-hybridized carbons (Fsp3) is 0.227. The van der Waals surface area contributed by atoms with E-state index in [1.54, 1.807) is 18.5 Å². The van der Waals surface area contributed by atoms with E-state index in [-0.39, 0.29) is 5.91 Å². The maximum atomic E-state index is 12.7. The summed E-state index contributed by atoms with van der Waals surface area (Å²) in [7, 11) is 0. The number of amides is 1. The average molecular weight is 374 g/mol. The molecular formula is C22H22N4O2. The molecule has 6 nitrogen and oxygen atoms in total. The molecule has 142 valence electrons. The Kier molecular flexibility index (Phi) is 5.58. The molecule has 6 heteroatoms. The van der Waals surface area contributed by atoms with E-state index in [1.807, 2.05) is 35.2 Å². The van der Waals surface area contributed by atoms with Crippen LogP contribution in [0, 0.1) is 0 Å². The molecule has 1 aromatic carbocycles. The Morgan fingerprint density at radius 1 is 1.07 bits per heavy atom. The van der Waals surface area contributed by atoms with Crippen LogP contribution in [0.4, 0.5) is 0 Å². The lowest BCUT2D eigenvalue weighted by molar-refractivity contribution is 0.0640. The van der Waals surface area contributed by atoms with Gasteiger partial charge in [-0.3, -0.25) is 14.7 Å².